The molecule has 1 N–H and O–H groups in total. The van der Waals surface area contributed by atoms with Gasteiger partial charge in [-0.25, -0.2) is 13.4 Å². The first-order chi connectivity index (χ1) is 7.30. The average molecular weight is 262 g/mol. The van der Waals surface area contributed by atoms with Gasteiger partial charge in [-0.3, -0.25) is 4.79 Å². The number of aromatic nitrogens is 1. The van der Waals surface area contributed by atoms with Crippen molar-refractivity contribution >= 4 is 27.1 Å². The molecule has 0 fully saturated rings. The highest BCUT2D eigenvalue weighted by Gasteiger charge is 2.23. The van der Waals surface area contributed by atoms with Gasteiger partial charge in [-0.05, 0) is 13.8 Å². The number of carbonyl (C=O) groups excluding carboxylic acids is 1. The predicted octanol–water partition coefficient (Wildman–Crippen LogP) is 0.501. The first-order valence-electron chi connectivity index (χ1n) is 4.68. The molecule has 0 aliphatic heterocycles. The van der Waals surface area contributed by atoms with Crippen LogP contribution >= 0.6 is 11.3 Å². The molecule has 0 spiro atoms. The molecule has 16 heavy (non-hydrogen) atoms. The topological polar surface area (TPSA) is 76.1 Å². The zero-order valence-electron chi connectivity index (χ0n) is 9.35. The van der Waals surface area contributed by atoms with Crippen LogP contribution < -0.4 is 5.32 Å². The maximum Gasteiger partial charge on any atom is 0.238 e. The molecule has 1 aromatic heterocycles. The Bertz CT molecular complexity index is 479. The van der Waals surface area contributed by atoms with Gasteiger partial charge in [-0.15, -0.1) is 11.3 Å². The van der Waals surface area contributed by atoms with Crippen molar-refractivity contribution in [3.05, 3.63) is 16.1 Å². The van der Waals surface area contributed by atoms with Crippen LogP contribution in [0.25, 0.3) is 0 Å². The Hall–Kier alpha value is -0.950. The second-order valence-electron chi connectivity index (χ2n) is 3.57. The molecule has 0 saturated carbocycles. The first kappa shape index (κ1) is 13.1. The minimum atomic E-state index is -3.33. The number of sulfone groups is 1. The Morgan fingerprint density at radius 1 is 1.62 bits per heavy atom. The van der Waals surface area contributed by atoms with Crippen LogP contribution in [-0.2, 0) is 21.2 Å². The maximum absolute atomic E-state index is 11.5. The van der Waals surface area contributed by atoms with Crippen molar-refractivity contribution in [2.75, 3.05) is 6.26 Å². The molecule has 7 heteroatoms. The maximum atomic E-state index is 11.5. The van der Waals surface area contributed by atoms with Gasteiger partial charge in [0.15, 0.2) is 9.84 Å². The Kier molecular flexibility index (Phi) is 4.03. The Balaban J connectivity index is 2.54. The lowest BCUT2D eigenvalue weighted by Gasteiger charge is -2.08. The summed E-state index contributed by atoms with van der Waals surface area (Å²) >= 11 is 1.44. The average Bonchev–Trinajstić information content (AvgIpc) is 2.58. The zero-order valence-corrected chi connectivity index (χ0v) is 11.0. The van der Waals surface area contributed by atoms with E-state index in [1.807, 2.05) is 12.3 Å². The Morgan fingerprint density at radius 2 is 2.25 bits per heavy atom. The van der Waals surface area contributed by atoms with Gasteiger partial charge in [0.05, 0.1) is 6.54 Å². The van der Waals surface area contributed by atoms with E-state index in [1.54, 1.807) is 0 Å². The number of rotatable bonds is 4. The third-order valence-corrected chi connectivity index (χ3v) is 4.56. The minimum absolute atomic E-state index is 0.275. The van der Waals surface area contributed by atoms with Gasteiger partial charge in [0.1, 0.15) is 10.3 Å². The number of nitrogens with zero attached hydrogens (tertiary/aromatic N) is 1. The summed E-state index contributed by atoms with van der Waals surface area (Å²) in [6.45, 7) is 3.51. The van der Waals surface area contributed by atoms with E-state index in [0.717, 1.165) is 17.0 Å². The summed E-state index contributed by atoms with van der Waals surface area (Å²) in [5, 5.41) is 4.17. The third kappa shape index (κ3) is 3.57. The van der Waals surface area contributed by atoms with E-state index in [9.17, 15) is 13.2 Å². The van der Waals surface area contributed by atoms with Crippen molar-refractivity contribution in [2.24, 2.45) is 0 Å². The zero-order chi connectivity index (χ0) is 12.3. The van der Waals surface area contributed by atoms with Crippen LogP contribution in [0.3, 0.4) is 0 Å². The van der Waals surface area contributed by atoms with E-state index in [2.05, 4.69) is 10.3 Å². The van der Waals surface area contributed by atoms with Gasteiger partial charge in [0.2, 0.25) is 5.91 Å². The SMILES string of the molecule is Cc1csc(CNC(=O)[C@@H](C)S(C)(=O)=O)n1. The highest BCUT2D eigenvalue weighted by atomic mass is 32.2. The molecule has 1 amide bonds. The van der Waals surface area contributed by atoms with Gasteiger partial charge in [-0.1, -0.05) is 0 Å². The molecule has 1 rings (SSSR count). The van der Waals surface area contributed by atoms with Gasteiger partial charge in [0.25, 0.3) is 0 Å². The molecule has 90 valence electrons. The molecule has 0 radical (unpaired) electrons. The number of aryl methyl sites for hydroxylation is 1. The van der Waals surface area contributed by atoms with Crippen molar-refractivity contribution in [3.8, 4) is 0 Å². The van der Waals surface area contributed by atoms with Crippen molar-refractivity contribution in [1.29, 1.82) is 0 Å². The number of nitrogens with one attached hydrogen (secondary N) is 1. The fourth-order valence-corrected chi connectivity index (χ4v) is 2.17. The monoisotopic (exact) mass is 262 g/mol. The second-order valence-corrected chi connectivity index (χ2v) is 6.88. The molecule has 0 aliphatic carbocycles. The quantitative estimate of drug-likeness (QED) is 0.857. The van der Waals surface area contributed by atoms with E-state index >= 15 is 0 Å². The van der Waals surface area contributed by atoms with Crippen LogP contribution in [0, 0.1) is 6.92 Å². The Morgan fingerprint density at radius 3 is 2.69 bits per heavy atom. The van der Waals surface area contributed by atoms with E-state index in [4.69, 9.17) is 0 Å². The fourth-order valence-electron chi connectivity index (χ4n) is 0.985. The highest BCUT2D eigenvalue weighted by Crippen LogP contribution is 2.08. The standard InChI is InChI=1S/C9H14N2O3S2/c1-6-5-15-8(11-6)4-10-9(12)7(2)16(3,13)14/h5,7H,4H2,1-3H3,(H,10,12)/t7-/m1/s1. The van der Waals surface area contributed by atoms with Crippen LogP contribution in [0.15, 0.2) is 5.38 Å². The summed E-state index contributed by atoms with van der Waals surface area (Å²) in [7, 11) is -3.33. The van der Waals surface area contributed by atoms with Gasteiger partial charge < -0.3 is 5.32 Å². The van der Waals surface area contributed by atoms with Crippen molar-refractivity contribution in [3.63, 3.8) is 0 Å². The molecule has 0 aromatic carbocycles. The number of carbonyl (C=O) groups is 1. The van der Waals surface area contributed by atoms with E-state index < -0.39 is 21.0 Å². The molecular weight excluding hydrogens is 248 g/mol. The van der Waals surface area contributed by atoms with Gasteiger partial charge in [0, 0.05) is 17.3 Å². The summed E-state index contributed by atoms with van der Waals surface area (Å²) in [5.41, 5.74) is 0.894. The van der Waals surface area contributed by atoms with E-state index in [0.29, 0.717) is 0 Å². The summed E-state index contributed by atoms with van der Waals surface area (Å²) in [6, 6.07) is 0. The van der Waals surface area contributed by atoms with E-state index in [-0.39, 0.29) is 6.54 Å². The number of amides is 1. The summed E-state index contributed by atoms with van der Waals surface area (Å²) in [5.74, 6) is -0.490. The summed E-state index contributed by atoms with van der Waals surface area (Å²) in [6.07, 6.45) is 1.05. The lowest BCUT2D eigenvalue weighted by atomic mass is 10.4. The minimum Gasteiger partial charge on any atom is -0.348 e. The van der Waals surface area contributed by atoms with Crippen molar-refractivity contribution in [1.82, 2.24) is 10.3 Å². The lowest BCUT2D eigenvalue weighted by molar-refractivity contribution is -0.120. The normalized spacial score (nSPS) is 13.4. The third-order valence-electron chi connectivity index (χ3n) is 2.09. The molecule has 0 aliphatic rings. The molecule has 1 atom stereocenters. The lowest BCUT2D eigenvalue weighted by Crippen LogP contribution is -2.36. The molecule has 0 bridgehead atoms. The largest absolute Gasteiger partial charge is 0.348 e. The van der Waals surface area contributed by atoms with E-state index in [1.165, 1.54) is 18.3 Å². The summed E-state index contributed by atoms with van der Waals surface area (Å²) in [4.78, 5) is 15.6. The molecule has 0 unspecified atom stereocenters. The molecular formula is C9H14N2O3S2. The predicted molar refractivity (Wildman–Crippen MR) is 63.0 cm³/mol. The van der Waals surface area contributed by atoms with Crippen molar-refractivity contribution in [2.45, 2.75) is 25.6 Å². The smallest absolute Gasteiger partial charge is 0.238 e. The fraction of sp³-hybridized carbons (Fsp3) is 0.556. The number of thiazole rings is 1. The molecule has 5 nitrogen and oxygen atoms in total. The van der Waals surface area contributed by atoms with Crippen LogP contribution in [0.1, 0.15) is 17.6 Å². The second kappa shape index (κ2) is 4.92. The Labute approximate surface area is 98.8 Å². The number of hydrogen-bond acceptors (Lipinski definition) is 5. The van der Waals surface area contributed by atoms with Crippen LogP contribution in [-0.4, -0.2) is 30.8 Å². The first-order valence-corrected chi connectivity index (χ1v) is 7.51. The highest BCUT2D eigenvalue weighted by molar-refractivity contribution is 7.92. The van der Waals surface area contributed by atoms with Crippen LogP contribution in [0.2, 0.25) is 0 Å². The molecule has 1 heterocycles. The summed E-state index contributed by atoms with van der Waals surface area (Å²) < 4.78 is 22.2. The molecule has 0 saturated heterocycles. The van der Waals surface area contributed by atoms with Crippen LogP contribution in [0.5, 0.6) is 0 Å². The van der Waals surface area contributed by atoms with Gasteiger partial charge >= 0.3 is 0 Å². The van der Waals surface area contributed by atoms with Gasteiger partial charge in [-0.2, -0.15) is 0 Å². The van der Waals surface area contributed by atoms with Crippen molar-refractivity contribution < 1.29 is 13.2 Å². The molecule has 1 aromatic rings. The number of hydrogen-bond donors (Lipinski definition) is 1. The van der Waals surface area contributed by atoms with Crippen LogP contribution in [0.4, 0.5) is 0 Å².